The fourth-order valence-electron chi connectivity index (χ4n) is 4.83. The van der Waals surface area contributed by atoms with E-state index in [4.69, 9.17) is 4.74 Å². The van der Waals surface area contributed by atoms with Gasteiger partial charge < -0.3 is 9.84 Å². The van der Waals surface area contributed by atoms with Gasteiger partial charge in [-0.2, -0.15) is 0 Å². The van der Waals surface area contributed by atoms with Gasteiger partial charge in [-0.15, -0.1) is 0 Å². The van der Waals surface area contributed by atoms with Gasteiger partial charge >= 0.3 is 5.97 Å². The smallest absolute Gasteiger partial charge is 0.306 e. The number of ether oxygens (including phenoxy) is 1. The van der Waals surface area contributed by atoms with Crippen molar-refractivity contribution in [3.63, 3.8) is 0 Å². The second kappa shape index (κ2) is 20.7. The van der Waals surface area contributed by atoms with Crippen molar-refractivity contribution in [1.82, 2.24) is 0 Å². The molecular weight excluding hydrogens is 432 g/mol. The Balaban J connectivity index is 1.96. The van der Waals surface area contributed by atoms with E-state index in [1.165, 1.54) is 89.9 Å². The Morgan fingerprint density at radius 2 is 1.29 bits per heavy atom. The molecule has 1 aromatic carbocycles. The Morgan fingerprint density at radius 3 is 1.77 bits per heavy atom. The Kier molecular flexibility index (Phi) is 18.6. The van der Waals surface area contributed by atoms with Crippen molar-refractivity contribution >= 4 is 5.97 Å². The van der Waals surface area contributed by atoms with Crippen LogP contribution in [0.2, 0.25) is 0 Å². The zero-order valence-electron chi connectivity index (χ0n) is 23.6. The SMILES string of the molecule is CCCCCCCCCCCCCCCCCCOC(=O)CCc1cc(C)c(O)c(CC(C)C)c1. The summed E-state index contributed by atoms with van der Waals surface area (Å²) in [6.07, 6.45) is 23.5. The summed E-state index contributed by atoms with van der Waals surface area (Å²) < 4.78 is 5.44. The first-order valence-corrected chi connectivity index (χ1v) is 14.9. The Hall–Kier alpha value is -1.51. The van der Waals surface area contributed by atoms with Crippen LogP contribution in [0.15, 0.2) is 12.1 Å². The Morgan fingerprint density at radius 1 is 0.800 bits per heavy atom. The molecule has 0 aromatic heterocycles. The first-order valence-electron chi connectivity index (χ1n) is 14.9. The number of esters is 1. The summed E-state index contributed by atoms with van der Waals surface area (Å²) in [7, 11) is 0. The molecule has 0 saturated carbocycles. The summed E-state index contributed by atoms with van der Waals surface area (Å²) in [5, 5.41) is 10.3. The summed E-state index contributed by atoms with van der Waals surface area (Å²) in [6, 6.07) is 4.03. The molecule has 0 heterocycles. The fraction of sp³-hybridized carbons (Fsp3) is 0.781. The molecule has 1 aromatic rings. The quantitative estimate of drug-likeness (QED) is 0.130. The van der Waals surface area contributed by atoms with Gasteiger partial charge in [0.25, 0.3) is 0 Å². The van der Waals surface area contributed by atoms with Crippen molar-refractivity contribution in [2.45, 2.75) is 150 Å². The summed E-state index contributed by atoms with van der Waals surface area (Å²) >= 11 is 0. The summed E-state index contributed by atoms with van der Waals surface area (Å²) in [6.45, 7) is 9.06. The highest BCUT2D eigenvalue weighted by Gasteiger charge is 2.11. The average molecular weight is 489 g/mol. The number of phenols is 1. The van der Waals surface area contributed by atoms with Crippen LogP contribution in [0.25, 0.3) is 0 Å². The standard InChI is InChI=1S/C32H56O3/c1-5-6-7-8-9-10-11-12-13-14-15-16-17-18-19-20-23-35-31(33)22-21-29-25-28(4)32(34)30(26-29)24-27(2)3/h25-27,34H,5-24H2,1-4H3. The number of carbonyl (C=O) groups excluding carboxylic acids is 1. The summed E-state index contributed by atoms with van der Waals surface area (Å²) in [4.78, 5) is 12.1. The molecule has 0 bridgehead atoms. The zero-order chi connectivity index (χ0) is 25.7. The van der Waals surface area contributed by atoms with Gasteiger partial charge in [0.2, 0.25) is 0 Å². The number of unbranched alkanes of at least 4 members (excludes halogenated alkanes) is 15. The minimum absolute atomic E-state index is 0.109. The van der Waals surface area contributed by atoms with Crippen LogP contribution in [-0.4, -0.2) is 17.7 Å². The fourth-order valence-corrected chi connectivity index (χ4v) is 4.83. The van der Waals surface area contributed by atoms with Crippen molar-refractivity contribution < 1.29 is 14.6 Å². The van der Waals surface area contributed by atoms with E-state index in [0.29, 0.717) is 31.1 Å². The van der Waals surface area contributed by atoms with E-state index < -0.39 is 0 Å². The molecule has 35 heavy (non-hydrogen) atoms. The van der Waals surface area contributed by atoms with Gasteiger partial charge in [0.1, 0.15) is 5.75 Å². The Bertz CT molecular complexity index is 665. The molecule has 0 aliphatic carbocycles. The largest absolute Gasteiger partial charge is 0.507 e. The predicted molar refractivity (Wildman–Crippen MR) is 150 cm³/mol. The number of aromatic hydroxyl groups is 1. The topological polar surface area (TPSA) is 46.5 Å². The van der Waals surface area contributed by atoms with Gasteiger partial charge in [-0.05, 0) is 48.8 Å². The van der Waals surface area contributed by atoms with Crippen LogP contribution in [-0.2, 0) is 22.4 Å². The normalized spacial score (nSPS) is 11.3. The molecule has 0 saturated heterocycles. The van der Waals surface area contributed by atoms with Crippen molar-refractivity contribution in [1.29, 1.82) is 0 Å². The lowest BCUT2D eigenvalue weighted by Gasteiger charge is -2.12. The monoisotopic (exact) mass is 488 g/mol. The Labute approximate surface area is 217 Å². The number of phenolic OH excluding ortho intramolecular Hbond substituents is 1. The van der Waals surface area contributed by atoms with E-state index in [1.54, 1.807) is 0 Å². The molecule has 0 amide bonds. The van der Waals surface area contributed by atoms with Crippen LogP contribution in [0, 0.1) is 12.8 Å². The lowest BCUT2D eigenvalue weighted by atomic mass is 9.96. The van der Waals surface area contributed by atoms with E-state index in [-0.39, 0.29) is 5.97 Å². The highest BCUT2D eigenvalue weighted by atomic mass is 16.5. The number of carbonyl (C=O) groups is 1. The van der Waals surface area contributed by atoms with E-state index in [1.807, 2.05) is 19.1 Å². The zero-order valence-corrected chi connectivity index (χ0v) is 23.6. The van der Waals surface area contributed by atoms with Crippen LogP contribution in [0.1, 0.15) is 147 Å². The minimum atomic E-state index is -0.109. The maximum atomic E-state index is 12.1. The van der Waals surface area contributed by atoms with Gasteiger partial charge in [0.05, 0.1) is 6.61 Å². The molecule has 1 N–H and O–H groups in total. The van der Waals surface area contributed by atoms with Gasteiger partial charge in [0.15, 0.2) is 0 Å². The molecule has 0 aliphatic rings. The van der Waals surface area contributed by atoms with Crippen molar-refractivity contribution in [2.75, 3.05) is 6.61 Å². The second-order valence-corrected chi connectivity index (χ2v) is 11.0. The first kappa shape index (κ1) is 31.5. The molecule has 0 radical (unpaired) electrons. The van der Waals surface area contributed by atoms with Crippen LogP contribution in [0.3, 0.4) is 0 Å². The van der Waals surface area contributed by atoms with Gasteiger partial charge in [-0.1, -0.05) is 129 Å². The third kappa shape index (κ3) is 16.7. The van der Waals surface area contributed by atoms with E-state index in [0.717, 1.165) is 36.0 Å². The number of benzene rings is 1. The molecule has 0 spiro atoms. The van der Waals surface area contributed by atoms with Crippen LogP contribution in [0.4, 0.5) is 0 Å². The van der Waals surface area contributed by atoms with Crippen molar-refractivity contribution in [3.05, 3.63) is 28.8 Å². The van der Waals surface area contributed by atoms with Gasteiger partial charge in [-0.3, -0.25) is 4.79 Å². The minimum Gasteiger partial charge on any atom is -0.507 e. The molecule has 3 nitrogen and oxygen atoms in total. The predicted octanol–water partition coefficient (Wildman–Crippen LogP) is 9.64. The molecule has 0 fully saturated rings. The average Bonchev–Trinajstić information content (AvgIpc) is 2.82. The van der Waals surface area contributed by atoms with E-state index in [9.17, 15) is 9.90 Å². The van der Waals surface area contributed by atoms with E-state index >= 15 is 0 Å². The number of hydrogen-bond donors (Lipinski definition) is 1. The maximum absolute atomic E-state index is 12.1. The number of rotatable bonds is 22. The van der Waals surface area contributed by atoms with Crippen LogP contribution < -0.4 is 0 Å². The van der Waals surface area contributed by atoms with E-state index in [2.05, 4.69) is 20.8 Å². The molecule has 0 aliphatic heterocycles. The van der Waals surface area contributed by atoms with Gasteiger partial charge in [0, 0.05) is 6.42 Å². The molecule has 3 heteroatoms. The van der Waals surface area contributed by atoms with Gasteiger partial charge in [-0.25, -0.2) is 0 Å². The summed E-state index contributed by atoms with van der Waals surface area (Å²) in [5.41, 5.74) is 2.98. The molecule has 202 valence electrons. The third-order valence-electron chi connectivity index (χ3n) is 6.95. The highest BCUT2D eigenvalue weighted by Crippen LogP contribution is 2.27. The first-order chi connectivity index (χ1) is 16.9. The lowest BCUT2D eigenvalue weighted by Crippen LogP contribution is -2.07. The number of hydrogen-bond acceptors (Lipinski definition) is 3. The lowest BCUT2D eigenvalue weighted by molar-refractivity contribution is -0.143. The molecular formula is C32H56O3. The van der Waals surface area contributed by atoms with Crippen LogP contribution >= 0.6 is 0 Å². The third-order valence-corrected chi connectivity index (χ3v) is 6.95. The van der Waals surface area contributed by atoms with Crippen LogP contribution in [0.5, 0.6) is 5.75 Å². The molecule has 1 rings (SSSR count). The summed E-state index contributed by atoms with van der Waals surface area (Å²) in [5.74, 6) is 0.774. The van der Waals surface area contributed by atoms with Crippen molar-refractivity contribution in [3.8, 4) is 5.75 Å². The van der Waals surface area contributed by atoms with Crippen molar-refractivity contribution in [2.24, 2.45) is 5.92 Å². The highest BCUT2D eigenvalue weighted by molar-refractivity contribution is 5.69. The second-order valence-electron chi connectivity index (χ2n) is 11.0. The number of aryl methyl sites for hydroxylation is 2. The molecule has 0 atom stereocenters. The maximum Gasteiger partial charge on any atom is 0.306 e. The molecule has 0 unspecified atom stereocenters.